The number of hydrogen-bond donors (Lipinski definition) is 3. The molecule has 1 aromatic rings. The van der Waals surface area contributed by atoms with E-state index in [1.54, 1.807) is 13.0 Å². The normalized spacial score (nSPS) is 13.1. The molecule has 0 bridgehead atoms. The molecule has 0 saturated carbocycles. The first-order valence-corrected chi connectivity index (χ1v) is 8.27. The number of carbonyl (C=O) groups excluding carboxylic acids is 1. The number of benzene rings is 1. The zero-order valence-electron chi connectivity index (χ0n) is 12.3. The molecule has 0 aliphatic carbocycles. The standard InChI is InChI=1S/C14H22N2O4S/c1-10(9-17)4-3-7-16-21(19,20)12-6-5-11(2)13(8-12)14(15)18/h5-6,8,10,16-17H,3-4,7,9H2,1-2H3,(H2,15,18). The number of amides is 1. The van der Waals surface area contributed by atoms with Gasteiger partial charge in [0.25, 0.3) is 0 Å². The van der Waals surface area contributed by atoms with Gasteiger partial charge in [-0.2, -0.15) is 0 Å². The molecule has 21 heavy (non-hydrogen) atoms. The number of hydrogen-bond acceptors (Lipinski definition) is 4. The molecule has 0 aliphatic heterocycles. The molecule has 1 aromatic carbocycles. The van der Waals surface area contributed by atoms with Crippen LogP contribution in [0, 0.1) is 12.8 Å². The van der Waals surface area contributed by atoms with Crippen LogP contribution in [0.15, 0.2) is 23.1 Å². The fraction of sp³-hybridized carbons (Fsp3) is 0.500. The van der Waals surface area contributed by atoms with E-state index in [9.17, 15) is 13.2 Å². The summed E-state index contributed by atoms with van der Waals surface area (Å²) in [5.74, 6) is -0.503. The molecule has 1 amide bonds. The van der Waals surface area contributed by atoms with Crippen LogP contribution >= 0.6 is 0 Å². The first kappa shape index (κ1) is 17.6. The Morgan fingerprint density at radius 3 is 2.67 bits per heavy atom. The Bertz CT molecular complexity index is 599. The number of aliphatic hydroxyl groups excluding tert-OH is 1. The smallest absolute Gasteiger partial charge is 0.249 e. The lowest BCUT2D eigenvalue weighted by Gasteiger charge is -2.10. The summed E-state index contributed by atoms with van der Waals surface area (Å²) in [7, 11) is -3.66. The highest BCUT2D eigenvalue weighted by molar-refractivity contribution is 7.89. The van der Waals surface area contributed by atoms with Gasteiger partial charge in [0.2, 0.25) is 15.9 Å². The average Bonchev–Trinajstić information content (AvgIpc) is 2.43. The summed E-state index contributed by atoms with van der Waals surface area (Å²) in [6, 6.07) is 4.29. The molecule has 0 heterocycles. The maximum atomic E-state index is 12.1. The van der Waals surface area contributed by atoms with Crippen molar-refractivity contribution in [3.63, 3.8) is 0 Å². The molecule has 0 radical (unpaired) electrons. The van der Waals surface area contributed by atoms with Gasteiger partial charge < -0.3 is 10.8 Å². The molecule has 118 valence electrons. The minimum atomic E-state index is -3.66. The third-order valence-corrected chi connectivity index (χ3v) is 4.72. The topological polar surface area (TPSA) is 109 Å². The SMILES string of the molecule is Cc1ccc(S(=O)(=O)NCCCC(C)CO)cc1C(N)=O. The Morgan fingerprint density at radius 2 is 2.10 bits per heavy atom. The van der Waals surface area contributed by atoms with Crippen LogP contribution in [0.3, 0.4) is 0 Å². The largest absolute Gasteiger partial charge is 0.396 e. The van der Waals surface area contributed by atoms with Crippen molar-refractivity contribution in [2.75, 3.05) is 13.2 Å². The van der Waals surface area contributed by atoms with E-state index >= 15 is 0 Å². The first-order valence-electron chi connectivity index (χ1n) is 6.79. The lowest BCUT2D eigenvalue weighted by molar-refractivity contribution is 0.0999. The summed E-state index contributed by atoms with van der Waals surface area (Å²) >= 11 is 0. The minimum Gasteiger partial charge on any atom is -0.396 e. The Labute approximate surface area is 125 Å². The van der Waals surface area contributed by atoms with E-state index in [1.165, 1.54) is 12.1 Å². The number of rotatable bonds is 8. The molecule has 7 heteroatoms. The monoisotopic (exact) mass is 314 g/mol. The number of sulfonamides is 1. The molecule has 4 N–H and O–H groups in total. The van der Waals surface area contributed by atoms with Crippen LogP contribution in [0.25, 0.3) is 0 Å². The second-order valence-corrected chi connectivity index (χ2v) is 6.94. The van der Waals surface area contributed by atoms with Gasteiger partial charge in [-0.05, 0) is 43.4 Å². The van der Waals surface area contributed by atoms with E-state index < -0.39 is 15.9 Å². The second kappa shape index (κ2) is 7.53. The van der Waals surface area contributed by atoms with E-state index in [0.29, 0.717) is 12.0 Å². The van der Waals surface area contributed by atoms with E-state index in [0.717, 1.165) is 6.42 Å². The number of carbonyl (C=O) groups is 1. The maximum absolute atomic E-state index is 12.1. The third kappa shape index (κ3) is 5.11. The predicted octanol–water partition coefficient (Wildman–Crippen LogP) is 0.781. The average molecular weight is 314 g/mol. The van der Waals surface area contributed by atoms with Crippen molar-refractivity contribution in [1.29, 1.82) is 0 Å². The van der Waals surface area contributed by atoms with Crippen LogP contribution in [0.1, 0.15) is 35.7 Å². The summed E-state index contributed by atoms with van der Waals surface area (Å²) in [5, 5.41) is 8.90. The quantitative estimate of drug-likeness (QED) is 0.616. The van der Waals surface area contributed by atoms with Crippen molar-refractivity contribution in [3.05, 3.63) is 29.3 Å². The Balaban J connectivity index is 2.75. The summed E-state index contributed by atoms with van der Waals surface area (Å²) < 4.78 is 26.7. The van der Waals surface area contributed by atoms with Gasteiger partial charge in [0.05, 0.1) is 4.90 Å². The molecule has 0 aliphatic rings. The molecule has 1 rings (SSSR count). The van der Waals surface area contributed by atoms with Gasteiger partial charge in [0.15, 0.2) is 0 Å². The van der Waals surface area contributed by atoms with Gasteiger partial charge in [0, 0.05) is 18.7 Å². The maximum Gasteiger partial charge on any atom is 0.249 e. The van der Waals surface area contributed by atoms with Crippen molar-refractivity contribution in [1.82, 2.24) is 4.72 Å². The zero-order chi connectivity index (χ0) is 16.0. The van der Waals surface area contributed by atoms with Crippen molar-refractivity contribution < 1.29 is 18.3 Å². The molecule has 0 spiro atoms. The number of primary amides is 1. The first-order chi connectivity index (χ1) is 9.77. The second-order valence-electron chi connectivity index (χ2n) is 5.17. The van der Waals surface area contributed by atoms with Crippen molar-refractivity contribution in [2.24, 2.45) is 11.7 Å². The summed E-state index contributed by atoms with van der Waals surface area (Å²) in [6.45, 7) is 3.97. The number of aryl methyl sites for hydroxylation is 1. The Hall–Kier alpha value is -1.44. The summed E-state index contributed by atoms with van der Waals surface area (Å²) in [6.07, 6.45) is 1.37. The van der Waals surface area contributed by atoms with Gasteiger partial charge in [-0.25, -0.2) is 13.1 Å². The van der Waals surface area contributed by atoms with E-state index in [4.69, 9.17) is 10.8 Å². The Morgan fingerprint density at radius 1 is 1.43 bits per heavy atom. The molecular weight excluding hydrogens is 292 g/mol. The summed E-state index contributed by atoms with van der Waals surface area (Å²) in [4.78, 5) is 11.3. The molecule has 0 aromatic heterocycles. The lowest BCUT2D eigenvalue weighted by atomic mass is 10.1. The van der Waals surface area contributed by atoms with Gasteiger partial charge in [-0.3, -0.25) is 4.79 Å². The molecule has 0 saturated heterocycles. The molecule has 6 nitrogen and oxygen atoms in total. The molecule has 1 unspecified atom stereocenters. The van der Waals surface area contributed by atoms with Crippen LogP contribution in [-0.2, 0) is 10.0 Å². The minimum absolute atomic E-state index is 0.0251. The van der Waals surface area contributed by atoms with Gasteiger partial charge in [0.1, 0.15) is 0 Å². The highest BCUT2D eigenvalue weighted by Gasteiger charge is 2.16. The molecule has 1 atom stereocenters. The van der Waals surface area contributed by atoms with Gasteiger partial charge >= 0.3 is 0 Å². The number of aliphatic hydroxyl groups is 1. The van der Waals surface area contributed by atoms with E-state index in [2.05, 4.69) is 4.72 Å². The fourth-order valence-corrected chi connectivity index (χ4v) is 2.97. The van der Waals surface area contributed by atoms with Crippen LogP contribution in [0.5, 0.6) is 0 Å². The van der Waals surface area contributed by atoms with Crippen LogP contribution < -0.4 is 10.5 Å². The summed E-state index contributed by atoms with van der Waals surface area (Å²) in [5.41, 5.74) is 6.06. The highest BCUT2D eigenvalue weighted by Crippen LogP contribution is 2.15. The number of nitrogens with one attached hydrogen (secondary N) is 1. The van der Waals surface area contributed by atoms with Crippen LogP contribution in [0.2, 0.25) is 0 Å². The molecule has 0 fully saturated rings. The zero-order valence-corrected chi connectivity index (χ0v) is 13.1. The van der Waals surface area contributed by atoms with Crippen molar-refractivity contribution in [3.8, 4) is 0 Å². The Kier molecular flexibility index (Phi) is 6.32. The predicted molar refractivity (Wildman–Crippen MR) is 80.4 cm³/mol. The van der Waals surface area contributed by atoms with Gasteiger partial charge in [-0.15, -0.1) is 0 Å². The third-order valence-electron chi connectivity index (χ3n) is 3.26. The van der Waals surface area contributed by atoms with Crippen molar-refractivity contribution in [2.45, 2.75) is 31.6 Å². The van der Waals surface area contributed by atoms with Crippen LogP contribution in [0.4, 0.5) is 0 Å². The molecular formula is C14H22N2O4S. The fourth-order valence-electron chi connectivity index (χ4n) is 1.87. The highest BCUT2D eigenvalue weighted by atomic mass is 32.2. The van der Waals surface area contributed by atoms with Gasteiger partial charge in [-0.1, -0.05) is 13.0 Å². The van der Waals surface area contributed by atoms with E-state index in [1.807, 2.05) is 6.92 Å². The number of nitrogens with two attached hydrogens (primary N) is 1. The lowest BCUT2D eigenvalue weighted by Crippen LogP contribution is -2.26. The van der Waals surface area contributed by atoms with Crippen molar-refractivity contribution >= 4 is 15.9 Å². The van der Waals surface area contributed by atoms with E-state index in [-0.39, 0.29) is 29.5 Å². The van der Waals surface area contributed by atoms with Crippen LogP contribution in [-0.4, -0.2) is 32.6 Å².